The Bertz CT molecular complexity index is 1340. The molecule has 0 saturated carbocycles. The van der Waals surface area contributed by atoms with E-state index in [1.807, 2.05) is 30.6 Å². The zero-order valence-corrected chi connectivity index (χ0v) is 18.2. The minimum absolute atomic E-state index is 0.268. The van der Waals surface area contributed by atoms with Crippen LogP contribution >= 0.6 is 0 Å². The molecular weight excluding hydrogens is 415 g/mol. The highest BCUT2D eigenvalue weighted by molar-refractivity contribution is 5.63. The molecule has 0 spiro atoms. The molecule has 0 bridgehead atoms. The maximum absolute atomic E-state index is 13.4. The molecule has 7 heteroatoms. The summed E-state index contributed by atoms with van der Waals surface area (Å²) >= 11 is 0. The van der Waals surface area contributed by atoms with Crippen molar-refractivity contribution in [2.24, 2.45) is 0 Å². The molecule has 33 heavy (non-hydrogen) atoms. The Balaban J connectivity index is 1.41. The van der Waals surface area contributed by atoms with Gasteiger partial charge in [0, 0.05) is 54.6 Å². The second-order valence-corrected chi connectivity index (χ2v) is 7.83. The first-order chi connectivity index (χ1) is 16.2. The molecule has 5 aromatic rings. The average Bonchev–Trinajstić information content (AvgIpc) is 3.51. The molecule has 3 heterocycles. The lowest BCUT2D eigenvalue weighted by Gasteiger charge is -2.10. The number of halogens is 1. The fourth-order valence-electron chi connectivity index (χ4n) is 3.72. The van der Waals surface area contributed by atoms with Crippen LogP contribution in [0.5, 0.6) is 0 Å². The Morgan fingerprint density at radius 2 is 1.64 bits per heavy atom. The molecule has 5 rings (SSSR count). The number of aryl methyl sites for hydroxylation is 1. The van der Waals surface area contributed by atoms with Gasteiger partial charge in [0.05, 0.1) is 11.4 Å². The summed E-state index contributed by atoms with van der Waals surface area (Å²) < 4.78 is 17.0. The van der Waals surface area contributed by atoms with Gasteiger partial charge in [-0.3, -0.25) is 0 Å². The van der Waals surface area contributed by atoms with Crippen molar-refractivity contribution in [3.05, 3.63) is 114 Å². The van der Waals surface area contributed by atoms with Gasteiger partial charge in [-0.1, -0.05) is 35.9 Å². The normalized spacial score (nSPS) is 11.1. The summed E-state index contributed by atoms with van der Waals surface area (Å²) in [5, 5.41) is 12.6. The zero-order chi connectivity index (χ0) is 22.6. The molecule has 0 aliphatic carbocycles. The lowest BCUT2D eigenvalue weighted by atomic mass is 10.1. The number of hydrogen-bond donors (Lipinski definition) is 1. The summed E-state index contributed by atoms with van der Waals surface area (Å²) in [6.45, 7) is 3.30. The summed E-state index contributed by atoms with van der Waals surface area (Å²) in [7, 11) is 0. The third-order valence-corrected chi connectivity index (χ3v) is 5.43. The van der Waals surface area contributed by atoms with E-state index >= 15 is 0 Å². The van der Waals surface area contributed by atoms with E-state index in [-0.39, 0.29) is 5.82 Å². The van der Waals surface area contributed by atoms with Crippen LogP contribution in [0.25, 0.3) is 22.8 Å². The lowest BCUT2D eigenvalue weighted by Crippen LogP contribution is -2.15. The Morgan fingerprint density at radius 3 is 2.39 bits per heavy atom. The van der Waals surface area contributed by atoms with Crippen LogP contribution < -0.4 is 5.32 Å². The summed E-state index contributed by atoms with van der Waals surface area (Å²) in [6, 6.07) is 20.5. The van der Waals surface area contributed by atoms with Crippen molar-refractivity contribution in [2.45, 2.75) is 20.0 Å². The third kappa shape index (κ3) is 4.58. The van der Waals surface area contributed by atoms with Gasteiger partial charge < -0.3 is 5.32 Å². The second-order valence-electron chi connectivity index (χ2n) is 7.83. The summed E-state index contributed by atoms with van der Waals surface area (Å²) in [4.78, 5) is 4.48. The highest BCUT2D eigenvalue weighted by Gasteiger charge is 2.13. The fraction of sp³-hybridized carbons (Fsp3) is 0.115. The van der Waals surface area contributed by atoms with Crippen LogP contribution in [0.1, 0.15) is 16.7 Å². The van der Waals surface area contributed by atoms with Crippen LogP contribution in [0.2, 0.25) is 0 Å². The van der Waals surface area contributed by atoms with Crippen molar-refractivity contribution < 1.29 is 4.39 Å². The van der Waals surface area contributed by atoms with Crippen LogP contribution in [0.15, 0.2) is 91.5 Å². The van der Waals surface area contributed by atoms with Crippen LogP contribution in [-0.2, 0) is 13.1 Å². The Kier molecular flexibility index (Phi) is 5.78. The maximum atomic E-state index is 13.4. The number of rotatable bonds is 7. The van der Waals surface area contributed by atoms with Gasteiger partial charge in [0.1, 0.15) is 5.82 Å². The van der Waals surface area contributed by atoms with E-state index in [1.54, 1.807) is 33.9 Å². The Hall–Kier alpha value is -4.10. The number of aromatic nitrogens is 5. The van der Waals surface area contributed by atoms with Gasteiger partial charge >= 0.3 is 0 Å². The minimum atomic E-state index is -0.268. The second kappa shape index (κ2) is 9.18. The lowest BCUT2D eigenvalue weighted by molar-refractivity contribution is 0.627. The number of hydrogen-bond acceptors (Lipinski definition) is 4. The molecule has 6 nitrogen and oxygen atoms in total. The van der Waals surface area contributed by atoms with Crippen molar-refractivity contribution in [1.29, 1.82) is 0 Å². The zero-order valence-electron chi connectivity index (χ0n) is 18.2. The van der Waals surface area contributed by atoms with Gasteiger partial charge in [-0.25, -0.2) is 18.7 Å². The van der Waals surface area contributed by atoms with Gasteiger partial charge in [0.2, 0.25) is 0 Å². The quantitative estimate of drug-likeness (QED) is 0.394. The van der Waals surface area contributed by atoms with E-state index in [0.29, 0.717) is 13.1 Å². The largest absolute Gasteiger partial charge is 0.308 e. The van der Waals surface area contributed by atoms with Crippen LogP contribution in [0, 0.1) is 12.7 Å². The van der Waals surface area contributed by atoms with Gasteiger partial charge in [-0.2, -0.15) is 10.2 Å². The summed E-state index contributed by atoms with van der Waals surface area (Å²) in [6.07, 6.45) is 7.38. The molecule has 0 unspecified atom stereocenters. The number of nitrogens with one attached hydrogen (secondary N) is 1. The summed E-state index contributed by atoms with van der Waals surface area (Å²) in [5.74, 6) is 0.534. The van der Waals surface area contributed by atoms with Gasteiger partial charge in [0.15, 0.2) is 5.82 Å². The standard InChI is InChI=1S/C26H23FN6/c1-19-5-7-20(8-6-19)25-22(18-33(31-25)24-11-9-23(27)10-12-24)17-28-16-21-4-2-13-29-26(21)32-15-3-14-30-32/h2-15,18,28H,16-17H2,1H3. The van der Waals surface area contributed by atoms with Crippen LogP contribution in [-0.4, -0.2) is 24.5 Å². The first-order valence-corrected chi connectivity index (χ1v) is 10.7. The predicted octanol–water partition coefficient (Wildman–Crippen LogP) is 4.86. The van der Waals surface area contributed by atoms with Crippen molar-refractivity contribution >= 4 is 0 Å². The highest BCUT2D eigenvalue weighted by atomic mass is 19.1. The van der Waals surface area contributed by atoms with E-state index in [2.05, 4.69) is 46.6 Å². The first kappa shape index (κ1) is 20.8. The predicted molar refractivity (Wildman–Crippen MR) is 126 cm³/mol. The molecule has 1 N–H and O–H groups in total. The van der Waals surface area contributed by atoms with Crippen LogP contribution in [0.3, 0.4) is 0 Å². The van der Waals surface area contributed by atoms with Gasteiger partial charge in [-0.15, -0.1) is 0 Å². The molecule has 164 valence electrons. The molecular formula is C26H23FN6. The van der Waals surface area contributed by atoms with E-state index in [4.69, 9.17) is 5.10 Å². The van der Waals surface area contributed by atoms with E-state index < -0.39 is 0 Å². The van der Waals surface area contributed by atoms with E-state index in [9.17, 15) is 4.39 Å². The monoisotopic (exact) mass is 438 g/mol. The van der Waals surface area contributed by atoms with Gasteiger partial charge in [0.25, 0.3) is 0 Å². The number of pyridine rings is 1. The molecule has 0 radical (unpaired) electrons. The Morgan fingerprint density at radius 1 is 0.848 bits per heavy atom. The van der Waals surface area contributed by atoms with Gasteiger partial charge in [-0.05, 0) is 43.3 Å². The van der Waals surface area contributed by atoms with Crippen molar-refractivity contribution in [2.75, 3.05) is 0 Å². The van der Waals surface area contributed by atoms with Crippen molar-refractivity contribution in [3.63, 3.8) is 0 Å². The Labute approximate surface area is 191 Å². The minimum Gasteiger partial charge on any atom is -0.308 e. The topological polar surface area (TPSA) is 60.6 Å². The molecule has 2 aromatic carbocycles. The molecule has 0 aliphatic heterocycles. The molecule has 0 atom stereocenters. The third-order valence-electron chi connectivity index (χ3n) is 5.43. The first-order valence-electron chi connectivity index (χ1n) is 10.7. The summed E-state index contributed by atoms with van der Waals surface area (Å²) in [5.41, 5.74) is 6.03. The van der Waals surface area contributed by atoms with Crippen LogP contribution in [0.4, 0.5) is 4.39 Å². The van der Waals surface area contributed by atoms with E-state index in [1.165, 1.54) is 17.7 Å². The molecule has 0 amide bonds. The molecule has 0 fully saturated rings. The van der Waals surface area contributed by atoms with Crippen molar-refractivity contribution in [3.8, 4) is 22.8 Å². The SMILES string of the molecule is Cc1ccc(-c2nn(-c3ccc(F)cc3)cc2CNCc2cccnc2-n2cccn2)cc1. The molecule has 3 aromatic heterocycles. The van der Waals surface area contributed by atoms with E-state index in [0.717, 1.165) is 33.9 Å². The fourth-order valence-corrected chi connectivity index (χ4v) is 3.72. The smallest absolute Gasteiger partial charge is 0.157 e. The average molecular weight is 439 g/mol. The molecule has 0 aliphatic rings. The number of benzene rings is 2. The van der Waals surface area contributed by atoms with Crippen molar-refractivity contribution in [1.82, 2.24) is 29.9 Å². The number of nitrogens with zero attached hydrogens (tertiary/aromatic N) is 5. The molecule has 0 saturated heterocycles. The maximum Gasteiger partial charge on any atom is 0.157 e. The highest BCUT2D eigenvalue weighted by Crippen LogP contribution is 2.24.